The molecule has 32 heavy (non-hydrogen) atoms. The van der Waals surface area contributed by atoms with Crippen LogP contribution in [-0.2, 0) is 9.53 Å². The van der Waals surface area contributed by atoms with E-state index in [1.165, 1.54) is 37.5 Å². The van der Waals surface area contributed by atoms with Crippen molar-refractivity contribution in [2.75, 3.05) is 0 Å². The van der Waals surface area contributed by atoms with Crippen molar-refractivity contribution in [2.24, 2.45) is 40.4 Å². The fourth-order valence-corrected chi connectivity index (χ4v) is 8.52. The summed E-state index contributed by atoms with van der Waals surface area (Å²) in [7, 11) is 0. The van der Waals surface area contributed by atoms with Crippen molar-refractivity contribution >= 4 is 12.3 Å². The molecular formula is C29H38O3. The maximum Gasteiger partial charge on any atom is 0.338 e. The van der Waals surface area contributed by atoms with Gasteiger partial charge in [0, 0.05) is 12.3 Å². The monoisotopic (exact) mass is 434 g/mol. The van der Waals surface area contributed by atoms with Crippen LogP contribution in [-0.4, -0.2) is 18.4 Å². The number of carbonyl (C=O) groups excluding carboxylic acids is 2. The molecule has 5 rings (SSSR count). The predicted molar refractivity (Wildman–Crippen MR) is 126 cm³/mol. The first-order chi connectivity index (χ1) is 15.4. The molecular weight excluding hydrogens is 396 g/mol. The smallest absolute Gasteiger partial charge is 0.338 e. The number of hydrogen-bond donors (Lipinski definition) is 0. The maximum atomic E-state index is 12.6. The lowest BCUT2D eigenvalue weighted by atomic mass is 9.47. The second-order valence-electron chi connectivity index (χ2n) is 11.6. The number of aldehydes is 1. The van der Waals surface area contributed by atoms with Crippen molar-refractivity contribution in [2.45, 2.75) is 78.2 Å². The molecule has 1 aromatic carbocycles. The van der Waals surface area contributed by atoms with Gasteiger partial charge in [-0.1, -0.05) is 50.6 Å². The minimum Gasteiger partial charge on any atom is -0.458 e. The maximum absolute atomic E-state index is 12.6. The Morgan fingerprint density at radius 2 is 1.84 bits per heavy atom. The quantitative estimate of drug-likeness (QED) is 0.304. The van der Waals surface area contributed by atoms with Gasteiger partial charge in [-0.05, 0) is 91.6 Å². The molecule has 0 amide bonds. The lowest BCUT2D eigenvalue weighted by Gasteiger charge is -2.58. The Kier molecular flexibility index (Phi) is 5.58. The molecule has 8 atom stereocenters. The summed E-state index contributed by atoms with van der Waals surface area (Å²) in [5.41, 5.74) is 2.75. The van der Waals surface area contributed by atoms with Crippen LogP contribution < -0.4 is 0 Å². The molecule has 172 valence electrons. The standard InChI is InChI=1S/C29H38O3/c1-19(18-30)24-11-12-25-23-10-9-21-17-22(32-27(31)20-7-5-4-6-8-20)13-15-28(21,2)26(23)14-16-29(24,25)3/h4-9,18-19,22-26H,10-17H2,1-3H3/t19-,22+,23+,24-,25+,26+,28+,29-/m1/s1. The molecule has 3 saturated carbocycles. The van der Waals surface area contributed by atoms with E-state index >= 15 is 0 Å². The van der Waals surface area contributed by atoms with Gasteiger partial charge in [0.15, 0.2) is 0 Å². The van der Waals surface area contributed by atoms with Gasteiger partial charge in [0.2, 0.25) is 0 Å². The summed E-state index contributed by atoms with van der Waals surface area (Å²) in [6, 6.07) is 9.36. The van der Waals surface area contributed by atoms with Crippen molar-refractivity contribution in [3.8, 4) is 0 Å². The van der Waals surface area contributed by atoms with E-state index in [1.807, 2.05) is 30.3 Å². The number of hydrogen-bond acceptors (Lipinski definition) is 3. The molecule has 0 radical (unpaired) electrons. The van der Waals surface area contributed by atoms with Crippen LogP contribution >= 0.6 is 0 Å². The highest BCUT2D eigenvalue weighted by Gasteiger charge is 2.59. The molecule has 3 fully saturated rings. The summed E-state index contributed by atoms with van der Waals surface area (Å²) < 4.78 is 5.93. The Hall–Kier alpha value is -1.90. The van der Waals surface area contributed by atoms with E-state index in [0.29, 0.717) is 16.9 Å². The fraction of sp³-hybridized carbons (Fsp3) is 0.655. The topological polar surface area (TPSA) is 43.4 Å². The van der Waals surface area contributed by atoms with Gasteiger partial charge in [0.25, 0.3) is 0 Å². The zero-order valence-corrected chi connectivity index (χ0v) is 19.9. The molecule has 3 heteroatoms. The highest BCUT2D eigenvalue weighted by atomic mass is 16.5. The summed E-state index contributed by atoms with van der Waals surface area (Å²) in [4.78, 5) is 24.2. The summed E-state index contributed by atoms with van der Waals surface area (Å²) in [5.74, 6) is 2.77. The largest absolute Gasteiger partial charge is 0.458 e. The van der Waals surface area contributed by atoms with E-state index in [-0.39, 0.29) is 23.4 Å². The molecule has 0 saturated heterocycles. The van der Waals surface area contributed by atoms with E-state index in [1.54, 1.807) is 0 Å². The zero-order valence-electron chi connectivity index (χ0n) is 19.9. The highest BCUT2D eigenvalue weighted by Crippen LogP contribution is 2.67. The summed E-state index contributed by atoms with van der Waals surface area (Å²) >= 11 is 0. The molecule has 0 N–H and O–H groups in total. The summed E-state index contributed by atoms with van der Waals surface area (Å²) in [6.45, 7) is 7.12. The van der Waals surface area contributed by atoms with Gasteiger partial charge < -0.3 is 9.53 Å². The van der Waals surface area contributed by atoms with Gasteiger partial charge in [-0.25, -0.2) is 4.79 Å². The number of esters is 1. The molecule has 0 bridgehead atoms. The average Bonchev–Trinajstić information content (AvgIpc) is 3.16. The first-order valence-corrected chi connectivity index (χ1v) is 12.8. The van der Waals surface area contributed by atoms with Gasteiger partial charge in [-0.2, -0.15) is 0 Å². The molecule has 0 aliphatic heterocycles. The number of rotatable bonds is 4. The van der Waals surface area contributed by atoms with Gasteiger partial charge in [-0.15, -0.1) is 0 Å². The van der Waals surface area contributed by atoms with Crippen LogP contribution in [0.15, 0.2) is 42.0 Å². The van der Waals surface area contributed by atoms with E-state index in [0.717, 1.165) is 43.4 Å². The molecule has 0 aromatic heterocycles. The van der Waals surface area contributed by atoms with Gasteiger partial charge in [0.1, 0.15) is 12.4 Å². The molecule has 0 heterocycles. The van der Waals surface area contributed by atoms with E-state index < -0.39 is 0 Å². The van der Waals surface area contributed by atoms with E-state index in [4.69, 9.17) is 4.74 Å². The third kappa shape index (κ3) is 3.38. The molecule has 4 aliphatic rings. The van der Waals surface area contributed by atoms with Crippen LogP contribution in [0.1, 0.15) is 82.5 Å². The van der Waals surface area contributed by atoms with E-state index in [9.17, 15) is 9.59 Å². The number of allylic oxidation sites excluding steroid dienone is 1. The van der Waals surface area contributed by atoms with E-state index in [2.05, 4.69) is 26.8 Å². The Labute approximate surface area is 193 Å². The van der Waals surface area contributed by atoms with Crippen molar-refractivity contribution in [1.29, 1.82) is 0 Å². The van der Waals surface area contributed by atoms with Crippen LogP contribution in [0.3, 0.4) is 0 Å². The highest BCUT2D eigenvalue weighted by molar-refractivity contribution is 5.89. The third-order valence-corrected chi connectivity index (χ3v) is 10.3. The molecule has 0 unspecified atom stereocenters. The number of ether oxygens (including phenoxy) is 1. The SMILES string of the molecule is C[C@H](C=O)[C@H]1CC[C@H]2[C@@H]3CC=C4C[C@@H](OC(=O)c5ccccc5)CC[C@]4(C)[C@H]3CC[C@]12C. The summed E-state index contributed by atoms with van der Waals surface area (Å²) in [5, 5.41) is 0. The lowest BCUT2D eigenvalue weighted by Crippen LogP contribution is -2.51. The minimum absolute atomic E-state index is 0.00302. The van der Waals surface area contributed by atoms with Crippen molar-refractivity contribution in [1.82, 2.24) is 0 Å². The fourth-order valence-electron chi connectivity index (χ4n) is 8.52. The van der Waals surface area contributed by atoms with Crippen LogP contribution in [0.2, 0.25) is 0 Å². The molecule has 3 nitrogen and oxygen atoms in total. The Bertz CT molecular complexity index is 904. The number of fused-ring (bicyclic) bond motifs is 5. The van der Waals surface area contributed by atoms with Crippen molar-refractivity contribution < 1.29 is 14.3 Å². The van der Waals surface area contributed by atoms with Gasteiger partial charge in [0.05, 0.1) is 5.56 Å². The van der Waals surface area contributed by atoms with Crippen LogP contribution in [0.25, 0.3) is 0 Å². The molecule has 4 aliphatic carbocycles. The molecule has 1 aromatic rings. The zero-order chi connectivity index (χ0) is 22.5. The van der Waals surface area contributed by atoms with Crippen molar-refractivity contribution in [3.63, 3.8) is 0 Å². The number of benzene rings is 1. The third-order valence-electron chi connectivity index (χ3n) is 10.3. The second kappa shape index (κ2) is 8.15. The van der Waals surface area contributed by atoms with Crippen molar-refractivity contribution in [3.05, 3.63) is 47.5 Å². The Morgan fingerprint density at radius 3 is 2.59 bits per heavy atom. The number of carbonyl (C=O) groups is 2. The van der Waals surface area contributed by atoms with Crippen LogP contribution in [0.4, 0.5) is 0 Å². The summed E-state index contributed by atoms with van der Waals surface area (Å²) in [6.07, 6.45) is 12.9. The first kappa shape index (κ1) is 21.9. The second-order valence-corrected chi connectivity index (χ2v) is 11.6. The predicted octanol–water partition coefficient (Wildman–Crippen LogP) is 6.63. The lowest BCUT2D eigenvalue weighted by molar-refractivity contribution is -0.115. The van der Waals surface area contributed by atoms with Crippen LogP contribution in [0, 0.1) is 40.4 Å². The van der Waals surface area contributed by atoms with Crippen LogP contribution in [0.5, 0.6) is 0 Å². The minimum atomic E-state index is -0.191. The Morgan fingerprint density at radius 1 is 1.06 bits per heavy atom. The van der Waals surface area contributed by atoms with Gasteiger partial charge in [-0.3, -0.25) is 0 Å². The van der Waals surface area contributed by atoms with Gasteiger partial charge >= 0.3 is 5.97 Å². The normalized spacial score (nSPS) is 41.5. The molecule has 0 spiro atoms. The Balaban J connectivity index is 1.32. The first-order valence-electron chi connectivity index (χ1n) is 12.8. The average molecular weight is 435 g/mol.